The standard InChI is InChI=1S/C19H24O3/c1-17-8-5-13(20)11-12(17)3-4-15-14(17)6-9-18(2)16(21)7-10-19(15,18)22/h4,7,10,12,14,22H,3,5-6,8-9,11H2,1-2H3/t12?,14-,17-,18+,19-/m0/s1. The van der Waals surface area contributed by atoms with Crippen LogP contribution in [-0.2, 0) is 9.59 Å². The Morgan fingerprint density at radius 1 is 1.23 bits per heavy atom. The van der Waals surface area contributed by atoms with Gasteiger partial charge in [0.2, 0.25) is 0 Å². The fourth-order valence-corrected chi connectivity index (χ4v) is 5.62. The van der Waals surface area contributed by atoms with Gasteiger partial charge in [-0.2, -0.15) is 0 Å². The summed E-state index contributed by atoms with van der Waals surface area (Å²) in [5.41, 5.74) is -0.656. The third-order valence-electron chi connectivity index (χ3n) is 7.38. The van der Waals surface area contributed by atoms with Gasteiger partial charge < -0.3 is 5.11 Å². The zero-order valence-corrected chi connectivity index (χ0v) is 13.4. The highest BCUT2D eigenvalue weighted by Crippen LogP contribution is 2.63. The van der Waals surface area contributed by atoms with Gasteiger partial charge in [-0.3, -0.25) is 9.59 Å². The summed E-state index contributed by atoms with van der Waals surface area (Å²) >= 11 is 0. The fourth-order valence-electron chi connectivity index (χ4n) is 5.62. The number of rotatable bonds is 0. The second kappa shape index (κ2) is 4.19. The van der Waals surface area contributed by atoms with Crippen LogP contribution in [0.4, 0.5) is 0 Å². The van der Waals surface area contributed by atoms with E-state index in [1.807, 2.05) is 6.92 Å². The van der Waals surface area contributed by atoms with E-state index in [4.69, 9.17) is 0 Å². The van der Waals surface area contributed by atoms with Crippen molar-refractivity contribution >= 4 is 11.6 Å². The maximum Gasteiger partial charge on any atom is 0.164 e. The number of aliphatic hydroxyl groups is 1. The van der Waals surface area contributed by atoms with Crippen molar-refractivity contribution in [1.29, 1.82) is 0 Å². The average molecular weight is 300 g/mol. The monoisotopic (exact) mass is 300 g/mol. The molecule has 0 aliphatic heterocycles. The van der Waals surface area contributed by atoms with E-state index in [0.717, 1.165) is 31.3 Å². The second-order valence-corrected chi connectivity index (χ2v) is 8.23. The lowest BCUT2D eigenvalue weighted by Crippen LogP contribution is -2.57. The van der Waals surface area contributed by atoms with Crippen molar-refractivity contribution in [2.75, 3.05) is 0 Å². The van der Waals surface area contributed by atoms with Crippen LogP contribution in [-0.4, -0.2) is 22.3 Å². The van der Waals surface area contributed by atoms with Gasteiger partial charge in [0.25, 0.3) is 0 Å². The van der Waals surface area contributed by atoms with Crippen molar-refractivity contribution in [1.82, 2.24) is 0 Å². The first-order valence-corrected chi connectivity index (χ1v) is 8.49. The lowest BCUT2D eigenvalue weighted by Gasteiger charge is -2.57. The molecular formula is C19H24O3. The third kappa shape index (κ3) is 1.51. The number of Topliss-reactive ketones (excluding diaryl/α,β-unsaturated/α-hetero) is 1. The number of carbonyl (C=O) groups is 2. The largest absolute Gasteiger partial charge is 0.380 e. The summed E-state index contributed by atoms with van der Waals surface area (Å²) in [6.45, 7) is 4.21. The minimum Gasteiger partial charge on any atom is -0.380 e. The summed E-state index contributed by atoms with van der Waals surface area (Å²) in [5, 5.41) is 11.3. The maximum atomic E-state index is 12.3. The zero-order chi connectivity index (χ0) is 15.8. The second-order valence-electron chi connectivity index (χ2n) is 8.23. The number of fused-ring (bicyclic) bond motifs is 5. The minimum atomic E-state index is -1.11. The Morgan fingerprint density at radius 2 is 2.00 bits per heavy atom. The molecule has 0 radical (unpaired) electrons. The topological polar surface area (TPSA) is 54.4 Å². The van der Waals surface area contributed by atoms with Crippen LogP contribution in [0.5, 0.6) is 0 Å². The predicted octanol–water partition coefficient (Wildman–Crippen LogP) is 2.98. The minimum absolute atomic E-state index is 0.0560. The molecule has 2 saturated carbocycles. The summed E-state index contributed by atoms with van der Waals surface area (Å²) in [4.78, 5) is 24.1. The van der Waals surface area contributed by atoms with Crippen molar-refractivity contribution in [3.05, 3.63) is 23.8 Å². The molecule has 5 atom stereocenters. The van der Waals surface area contributed by atoms with Crippen LogP contribution in [0.2, 0.25) is 0 Å². The highest BCUT2D eigenvalue weighted by Gasteiger charge is 2.63. The molecule has 2 fully saturated rings. The molecule has 0 saturated heterocycles. The third-order valence-corrected chi connectivity index (χ3v) is 7.38. The first-order valence-electron chi connectivity index (χ1n) is 8.49. The Bertz CT molecular complexity index is 631. The van der Waals surface area contributed by atoms with Crippen LogP contribution >= 0.6 is 0 Å². The van der Waals surface area contributed by atoms with Crippen molar-refractivity contribution < 1.29 is 14.7 Å². The van der Waals surface area contributed by atoms with Gasteiger partial charge in [0, 0.05) is 12.8 Å². The van der Waals surface area contributed by atoms with Gasteiger partial charge in [0.15, 0.2) is 5.78 Å². The molecule has 0 aromatic carbocycles. The molecule has 4 aliphatic rings. The molecule has 0 amide bonds. The predicted molar refractivity (Wildman–Crippen MR) is 83.1 cm³/mol. The van der Waals surface area contributed by atoms with E-state index in [9.17, 15) is 14.7 Å². The van der Waals surface area contributed by atoms with Gasteiger partial charge in [-0.25, -0.2) is 0 Å². The van der Waals surface area contributed by atoms with Gasteiger partial charge >= 0.3 is 0 Å². The molecule has 4 aliphatic carbocycles. The lowest BCUT2D eigenvalue weighted by atomic mass is 9.47. The molecule has 0 heterocycles. The van der Waals surface area contributed by atoms with Gasteiger partial charge in [0.1, 0.15) is 11.4 Å². The summed E-state index contributed by atoms with van der Waals surface area (Å²) in [6, 6.07) is 0. The molecule has 22 heavy (non-hydrogen) atoms. The van der Waals surface area contributed by atoms with E-state index in [1.165, 1.54) is 0 Å². The fraction of sp³-hybridized carbons (Fsp3) is 0.684. The summed E-state index contributed by atoms with van der Waals surface area (Å²) in [7, 11) is 0. The number of allylic oxidation sites excluding steroid dienone is 2. The smallest absolute Gasteiger partial charge is 0.164 e. The van der Waals surface area contributed by atoms with Crippen molar-refractivity contribution in [3.8, 4) is 0 Å². The number of ketones is 2. The van der Waals surface area contributed by atoms with Crippen LogP contribution in [0, 0.1) is 22.7 Å². The van der Waals surface area contributed by atoms with Crippen LogP contribution < -0.4 is 0 Å². The Kier molecular flexibility index (Phi) is 2.74. The maximum absolute atomic E-state index is 12.3. The van der Waals surface area contributed by atoms with Crippen LogP contribution in [0.3, 0.4) is 0 Å². The highest BCUT2D eigenvalue weighted by atomic mass is 16.3. The van der Waals surface area contributed by atoms with Crippen molar-refractivity contribution in [2.45, 2.75) is 58.0 Å². The van der Waals surface area contributed by atoms with Gasteiger partial charge in [-0.05, 0) is 67.6 Å². The number of hydrogen-bond donors (Lipinski definition) is 1. The molecule has 0 aromatic heterocycles. The molecule has 0 spiro atoms. The Morgan fingerprint density at radius 3 is 2.77 bits per heavy atom. The molecule has 118 valence electrons. The first-order chi connectivity index (χ1) is 10.3. The van der Waals surface area contributed by atoms with Gasteiger partial charge in [0.05, 0.1) is 5.41 Å². The molecule has 0 aromatic rings. The van der Waals surface area contributed by atoms with E-state index in [1.54, 1.807) is 12.2 Å². The van der Waals surface area contributed by atoms with Crippen molar-refractivity contribution in [2.24, 2.45) is 22.7 Å². The first kappa shape index (κ1) is 14.4. The molecule has 0 bridgehead atoms. The Labute approximate surface area is 131 Å². The molecule has 3 nitrogen and oxygen atoms in total. The Balaban J connectivity index is 1.79. The number of carbonyl (C=O) groups excluding carboxylic acids is 2. The van der Waals surface area contributed by atoms with Crippen LogP contribution in [0.15, 0.2) is 23.8 Å². The van der Waals surface area contributed by atoms with Crippen LogP contribution in [0.25, 0.3) is 0 Å². The summed E-state index contributed by atoms with van der Waals surface area (Å²) in [5.74, 6) is 1.14. The lowest BCUT2D eigenvalue weighted by molar-refractivity contribution is -0.138. The van der Waals surface area contributed by atoms with Gasteiger partial charge in [-0.15, -0.1) is 0 Å². The molecular weight excluding hydrogens is 276 g/mol. The van der Waals surface area contributed by atoms with E-state index >= 15 is 0 Å². The normalized spacial score (nSPS) is 50.2. The van der Waals surface area contributed by atoms with E-state index < -0.39 is 11.0 Å². The molecule has 3 heteroatoms. The quantitative estimate of drug-likeness (QED) is 0.700. The van der Waals surface area contributed by atoms with E-state index in [-0.39, 0.29) is 11.2 Å². The number of hydrogen-bond acceptors (Lipinski definition) is 3. The average Bonchev–Trinajstić information content (AvgIpc) is 2.72. The highest BCUT2D eigenvalue weighted by molar-refractivity contribution is 6.00. The van der Waals surface area contributed by atoms with E-state index in [0.29, 0.717) is 30.5 Å². The zero-order valence-electron chi connectivity index (χ0n) is 13.4. The van der Waals surface area contributed by atoms with Crippen molar-refractivity contribution in [3.63, 3.8) is 0 Å². The van der Waals surface area contributed by atoms with Crippen LogP contribution in [0.1, 0.15) is 52.4 Å². The molecule has 1 unspecified atom stereocenters. The van der Waals surface area contributed by atoms with Gasteiger partial charge in [-0.1, -0.05) is 13.0 Å². The SMILES string of the molecule is C[C@]12CCC(=O)CC1CC=C1[C@@H]2CC[C@]2(C)C(=O)C=C[C@]12O. The molecule has 4 rings (SSSR count). The summed E-state index contributed by atoms with van der Waals surface area (Å²) < 4.78 is 0. The Hall–Kier alpha value is -1.22. The molecule has 1 N–H and O–H groups in total. The summed E-state index contributed by atoms with van der Waals surface area (Å²) in [6.07, 6.45) is 10.2. The van der Waals surface area contributed by atoms with E-state index in [2.05, 4.69) is 13.0 Å².